The summed E-state index contributed by atoms with van der Waals surface area (Å²) in [4.78, 5) is 56.7. The molecule has 4 fully saturated rings. The highest BCUT2D eigenvalue weighted by Gasteiger charge is 2.79. The van der Waals surface area contributed by atoms with Gasteiger partial charge in [0.1, 0.15) is 17.8 Å². The van der Waals surface area contributed by atoms with Gasteiger partial charge >= 0.3 is 11.9 Å². The molecule has 6 rings (SSSR count). The highest BCUT2D eigenvalue weighted by Crippen LogP contribution is 2.64. The first-order chi connectivity index (χ1) is 22.4. The van der Waals surface area contributed by atoms with E-state index in [1.165, 1.54) is 6.92 Å². The fourth-order valence-electron chi connectivity index (χ4n) is 9.36. The van der Waals surface area contributed by atoms with Crippen LogP contribution in [0.2, 0.25) is 13.1 Å². The predicted molar refractivity (Wildman–Crippen MR) is 177 cm³/mol. The molecule has 1 aliphatic heterocycles. The van der Waals surface area contributed by atoms with E-state index in [0.29, 0.717) is 0 Å². The number of aliphatic hydroxyl groups excluding tert-OH is 1. The maximum Gasteiger partial charge on any atom is 0.338 e. The Morgan fingerprint density at radius 1 is 0.979 bits per heavy atom. The summed E-state index contributed by atoms with van der Waals surface area (Å²) in [6, 6.07) is 17.9. The molecule has 258 valence electrons. The zero-order valence-corrected chi connectivity index (χ0v) is 29.6. The predicted octanol–water partition coefficient (Wildman–Crippen LogP) is 3.36. The van der Waals surface area contributed by atoms with Crippen LogP contribution in [0, 0.1) is 28.6 Å². The van der Waals surface area contributed by atoms with E-state index in [9.17, 15) is 24.6 Å². The van der Waals surface area contributed by atoms with Crippen molar-refractivity contribution in [3.8, 4) is 0 Å². The van der Waals surface area contributed by atoms with Gasteiger partial charge in [0.25, 0.3) is 0 Å². The first-order valence-corrected chi connectivity index (χ1v) is 19.6. The van der Waals surface area contributed by atoms with Crippen LogP contribution >= 0.6 is 0 Å². The number of aliphatic hydroxyl groups is 2. The number of carbonyl (C=O) groups excluding carboxylic acids is 4. The molecule has 3 aliphatic carbocycles. The standard InChI is InChI=1S/C37H46O10Si/c1-21-25(39)19-37(43)32(45-33(42)23-14-10-8-11-15-23)30-35(5,31(41)29(40)28(21)34(37,3)4)26(18-27-36(30,20-44-27)46-22(2)38)47-48(6,7)24-16-12-9-13-17-24/h8-17,21,25-28,30,32,39,43H,18-20H2,1-7H3/t21?,25-,26-,27+,28?,30?,32-,35+,36-,37+/m0/s1. The third-order valence-corrected chi connectivity index (χ3v) is 14.7. The van der Waals surface area contributed by atoms with Crippen molar-refractivity contribution in [2.75, 3.05) is 6.61 Å². The molecule has 2 N–H and O–H groups in total. The van der Waals surface area contributed by atoms with Gasteiger partial charge in [-0.3, -0.25) is 14.4 Å². The van der Waals surface area contributed by atoms with Crippen LogP contribution in [-0.2, 0) is 33.0 Å². The summed E-state index contributed by atoms with van der Waals surface area (Å²) < 4.78 is 25.6. The fourth-order valence-corrected chi connectivity index (χ4v) is 11.5. The summed E-state index contributed by atoms with van der Waals surface area (Å²) in [6.45, 7) is 11.8. The second kappa shape index (κ2) is 11.7. The Balaban J connectivity index is 1.62. The molecule has 2 bridgehead atoms. The molecule has 3 saturated carbocycles. The Morgan fingerprint density at radius 3 is 2.15 bits per heavy atom. The van der Waals surface area contributed by atoms with Gasteiger partial charge in [0.2, 0.25) is 19.9 Å². The van der Waals surface area contributed by atoms with Gasteiger partial charge in [-0.2, -0.15) is 0 Å². The van der Waals surface area contributed by atoms with E-state index in [1.807, 2.05) is 43.4 Å². The van der Waals surface area contributed by atoms with Crippen molar-refractivity contribution in [2.24, 2.45) is 28.6 Å². The van der Waals surface area contributed by atoms with E-state index < -0.39 is 96.0 Å². The topological polar surface area (TPSA) is 146 Å². The van der Waals surface area contributed by atoms with Crippen molar-refractivity contribution in [2.45, 2.75) is 96.2 Å². The zero-order valence-electron chi connectivity index (χ0n) is 28.6. The second-order valence-corrected chi connectivity index (χ2v) is 19.3. The van der Waals surface area contributed by atoms with Gasteiger partial charge in [-0.1, -0.05) is 69.3 Å². The number of hydrogen-bond acceptors (Lipinski definition) is 10. The van der Waals surface area contributed by atoms with Gasteiger partial charge in [-0.05, 0) is 43.3 Å². The van der Waals surface area contributed by atoms with Crippen molar-refractivity contribution in [1.29, 1.82) is 0 Å². The summed E-state index contributed by atoms with van der Waals surface area (Å²) in [5.74, 6) is -6.03. The number of ether oxygens (including phenoxy) is 3. The minimum atomic E-state index is -2.80. The van der Waals surface area contributed by atoms with Gasteiger partial charge in [0.15, 0.2) is 5.60 Å². The van der Waals surface area contributed by atoms with E-state index in [1.54, 1.807) is 58.0 Å². The lowest BCUT2D eigenvalue weighted by molar-refractivity contribution is -0.348. The first kappa shape index (κ1) is 34.6. The van der Waals surface area contributed by atoms with Crippen LogP contribution < -0.4 is 5.19 Å². The van der Waals surface area contributed by atoms with E-state index >= 15 is 4.79 Å². The average molecular weight is 679 g/mol. The summed E-state index contributed by atoms with van der Waals surface area (Å²) in [6.07, 6.45) is -4.61. The van der Waals surface area contributed by atoms with Crippen LogP contribution in [0.3, 0.4) is 0 Å². The number of rotatable bonds is 6. The second-order valence-electron chi connectivity index (χ2n) is 15.5. The molecule has 0 spiro atoms. The number of hydrogen-bond donors (Lipinski definition) is 2. The normalized spacial score (nSPS) is 38.7. The number of ketones is 2. The van der Waals surface area contributed by atoms with E-state index in [-0.39, 0.29) is 25.0 Å². The van der Waals surface area contributed by atoms with Gasteiger partial charge in [-0.25, -0.2) is 4.79 Å². The summed E-state index contributed by atoms with van der Waals surface area (Å²) >= 11 is 0. The molecule has 1 saturated heterocycles. The van der Waals surface area contributed by atoms with Crippen molar-refractivity contribution < 1.29 is 48.0 Å². The molecular formula is C37H46O10Si. The van der Waals surface area contributed by atoms with E-state index in [4.69, 9.17) is 18.6 Å². The zero-order chi connectivity index (χ0) is 35.0. The van der Waals surface area contributed by atoms with Crippen LogP contribution in [0.5, 0.6) is 0 Å². The Morgan fingerprint density at radius 2 is 1.58 bits per heavy atom. The summed E-state index contributed by atoms with van der Waals surface area (Å²) in [7, 11) is -2.80. The SMILES string of the molecule is CC(=O)O[C@@]12CO[C@@H]1C[C@H](O[Si](C)(C)c1ccccc1)[C@@]1(C)C(=O)C(=O)C3C(C)[C@@H](O)C[C@@](O)([C@@H](OC(=O)c4ccccc4)C12)C3(C)C. The number of Topliss-reactive ketones (excluding diaryl/α,β-unsaturated/α-hetero) is 2. The molecule has 4 aliphatic rings. The molecule has 48 heavy (non-hydrogen) atoms. The fraction of sp³-hybridized carbons (Fsp3) is 0.568. The van der Waals surface area contributed by atoms with E-state index in [0.717, 1.165) is 5.19 Å². The highest BCUT2D eigenvalue weighted by molar-refractivity contribution is 6.84. The molecule has 11 heteroatoms. The molecule has 0 amide bonds. The van der Waals surface area contributed by atoms with Crippen molar-refractivity contribution in [1.82, 2.24) is 0 Å². The lowest BCUT2D eigenvalue weighted by Crippen LogP contribution is -2.83. The lowest BCUT2D eigenvalue weighted by atomic mass is 9.42. The van der Waals surface area contributed by atoms with Crippen LogP contribution in [-0.4, -0.2) is 84.3 Å². The largest absolute Gasteiger partial charge is 0.455 e. The van der Waals surface area contributed by atoms with Gasteiger partial charge < -0.3 is 28.8 Å². The molecule has 2 aromatic carbocycles. The minimum absolute atomic E-state index is 0.118. The Kier molecular flexibility index (Phi) is 8.44. The van der Waals surface area contributed by atoms with Crippen LogP contribution in [0.1, 0.15) is 57.8 Å². The third-order valence-electron chi connectivity index (χ3n) is 12.1. The molecule has 2 aromatic rings. The molecule has 1 heterocycles. The van der Waals surface area contributed by atoms with Gasteiger partial charge in [0.05, 0.1) is 35.7 Å². The smallest absolute Gasteiger partial charge is 0.338 e. The highest BCUT2D eigenvalue weighted by atomic mass is 28.4. The molecule has 0 radical (unpaired) electrons. The number of esters is 2. The maximum atomic E-state index is 15.1. The van der Waals surface area contributed by atoms with Crippen molar-refractivity contribution >= 4 is 37.0 Å². The first-order valence-electron chi connectivity index (χ1n) is 16.7. The molecule has 10 atom stereocenters. The molecular weight excluding hydrogens is 632 g/mol. The Bertz CT molecular complexity index is 1610. The monoisotopic (exact) mass is 678 g/mol. The number of fused-ring (bicyclic) bond motifs is 5. The molecule has 10 nitrogen and oxygen atoms in total. The quantitative estimate of drug-likeness (QED) is 0.265. The number of benzene rings is 2. The summed E-state index contributed by atoms with van der Waals surface area (Å²) in [5.41, 5.74) is -6.53. The summed E-state index contributed by atoms with van der Waals surface area (Å²) in [5, 5.41) is 25.5. The Labute approximate surface area is 282 Å². The minimum Gasteiger partial charge on any atom is -0.455 e. The maximum absolute atomic E-state index is 15.1. The number of carbonyl (C=O) groups is 4. The molecule has 3 unspecified atom stereocenters. The van der Waals surface area contributed by atoms with E-state index in [2.05, 4.69) is 0 Å². The van der Waals surface area contributed by atoms with Crippen LogP contribution in [0.25, 0.3) is 0 Å². The van der Waals surface area contributed by atoms with Crippen LogP contribution in [0.15, 0.2) is 60.7 Å². The average Bonchev–Trinajstić information content (AvgIpc) is 3.03. The van der Waals surface area contributed by atoms with Crippen molar-refractivity contribution in [3.05, 3.63) is 66.2 Å². The third kappa shape index (κ3) is 4.95. The molecule has 0 aromatic heterocycles. The van der Waals surface area contributed by atoms with Gasteiger partial charge in [0, 0.05) is 31.1 Å². The Hall–Kier alpha value is -3.22. The van der Waals surface area contributed by atoms with Crippen molar-refractivity contribution in [3.63, 3.8) is 0 Å². The lowest BCUT2D eigenvalue weighted by Gasteiger charge is -2.68. The van der Waals surface area contributed by atoms with Gasteiger partial charge in [-0.15, -0.1) is 0 Å². The van der Waals surface area contributed by atoms with Crippen LogP contribution in [0.4, 0.5) is 0 Å².